The van der Waals surface area contributed by atoms with Crippen molar-refractivity contribution in [3.8, 4) is 0 Å². The van der Waals surface area contributed by atoms with E-state index in [-0.39, 0.29) is 6.09 Å². The zero-order valence-corrected chi connectivity index (χ0v) is 12.5. The van der Waals surface area contributed by atoms with Gasteiger partial charge in [-0.15, -0.1) is 0 Å². The number of amides is 1. The average Bonchev–Trinajstić information content (AvgIpc) is 2.39. The highest BCUT2D eigenvalue weighted by Gasteiger charge is 2.26. The molecule has 0 aromatic carbocycles. The number of hydrogen-bond acceptors (Lipinski definition) is 3. The van der Waals surface area contributed by atoms with E-state index in [4.69, 9.17) is 4.74 Å². The Hall–Kier alpha value is -0.770. The molecule has 1 aliphatic heterocycles. The number of rotatable bonds is 2. The van der Waals surface area contributed by atoms with E-state index in [2.05, 4.69) is 19.2 Å². The highest BCUT2D eigenvalue weighted by Crippen LogP contribution is 2.15. The van der Waals surface area contributed by atoms with Crippen LogP contribution in [0.5, 0.6) is 0 Å². The normalized spacial score (nSPS) is 21.9. The van der Waals surface area contributed by atoms with Crippen LogP contribution in [0.1, 0.15) is 53.9 Å². The number of ether oxygens (including phenoxy) is 1. The molecule has 0 aromatic heterocycles. The van der Waals surface area contributed by atoms with E-state index in [1.54, 1.807) is 0 Å². The van der Waals surface area contributed by atoms with Gasteiger partial charge in [-0.25, -0.2) is 4.79 Å². The van der Waals surface area contributed by atoms with Crippen molar-refractivity contribution in [1.82, 2.24) is 10.2 Å². The summed E-state index contributed by atoms with van der Waals surface area (Å²) >= 11 is 0. The summed E-state index contributed by atoms with van der Waals surface area (Å²) in [7, 11) is 0. The first-order chi connectivity index (χ1) is 8.28. The molecule has 1 atom stereocenters. The SMILES string of the molecule is CC(C)N[C@@H]1CCCCN(C(=O)OC(C)(C)C)C1. The van der Waals surface area contributed by atoms with Gasteiger partial charge in [-0.3, -0.25) is 0 Å². The average molecular weight is 256 g/mol. The number of hydrogen-bond donors (Lipinski definition) is 1. The smallest absolute Gasteiger partial charge is 0.410 e. The number of carbonyl (C=O) groups excluding carboxylic acids is 1. The van der Waals surface area contributed by atoms with Crippen molar-refractivity contribution in [2.24, 2.45) is 0 Å². The van der Waals surface area contributed by atoms with E-state index in [1.807, 2.05) is 25.7 Å². The molecular formula is C14H28N2O2. The number of nitrogens with zero attached hydrogens (tertiary/aromatic N) is 1. The second kappa shape index (κ2) is 6.41. The predicted octanol–water partition coefficient (Wildman–Crippen LogP) is 2.77. The minimum atomic E-state index is -0.412. The Labute approximate surface area is 111 Å². The Kier molecular flexibility index (Phi) is 5.45. The van der Waals surface area contributed by atoms with E-state index < -0.39 is 5.60 Å². The van der Waals surface area contributed by atoms with Gasteiger partial charge in [-0.05, 0) is 33.6 Å². The molecule has 1 amide bonds. The van der Waals surface area contributed by atoms with Gasteiger partial charge in [-0.1, -0.05) is 20.3 Å². The van der Waals surface area contributed by atoms with Crippen LogP contribution in [-0.4, -0.2) is 41.8 Å². The fourth-order valence-electron chi connectivity index (χ4n) is 2.24. The molecule has 1 aliphatic rings. The number of likely N-dealkylation sites (tertiary alicyclic amines) is 1. The maximum absolute atomic E-state index is 12.1. The van der Waals surface area contributed by atoms with Crippen LogP contribution in [0, 0.1) is 0 Å². The van der Waals surface area contributed by atoms with Crippen LogP contribution in [-0.2, 0) is 4.74 Å². The van der Waals surface area contributed by atoms with Crippen molar-refractivity contribution < 1.29 is 9.53 Å². The van der Waals surface area contributed by atoms with E-state index >= 15 is 0 Å². The van der Waals surface area contributed by atoms with Crippen LogP contribution in [0.4, 0.5) is 4.79 Å². The van der Waals surface area contributed by atoms with Crippen LogP contribution in [0.2, 0.25) is 0 Å². The number of nitrogens with one attached hydrogen (secondary N) is 1. The van der Waals surface area contributed by atoms with Crippen molar-refractivity contribution in [3.05, 3.63) is 0 Å². The van der Waals surface area contributed by atoms with Gasteiger partial charge in [0.05, 0.1) is 0 Å². The second-order valence-corrected chi connectivity index (χ2v) is 6.44. The first-order valence-corrected chi connectivity index (χ1v) is 7.02. The standard InChI is InChI=1S/C14H28N2O2/c1-11(2)15-12-8-6-7-9-16(10-12)13(17)18-14(3,4)5/h11-12,15H,6-10H2,1-5H3/t12-/m1/s1. The zero-order chi connectivity index (χ0) is 13.8. The molecule has 4 nitrogen and oxygen atoms in total. The van der Waals surface area contributed by atoms with E-state index in [0.29, 0.717) is 12.1 Å². The van der Waals surface area contributed by atoms with Crippen LogP contribution in [0.3, 0.4) is 0 Å². The molecule has 0 aliphatic carbocycles. The summed E-state index contributed by atoms with van der Waals surface area (Å²) in [5.74, 6) is 0. The van der Waals surface area contributed by atoms with Crippen LogP contribution in [0.15, 0.2) is 0 Å². The predicted molar refractivity (Wildman–Crippen MR) is 73.7 cm³/mol. The summed E-state index contributed by atoms with van der Waals surface area (Å²) < 4.78 is 5.45. The molecule has 106 valence electrons. The molecule has 1 N–H and O–H groups in total. The largest absolute Gasteiger partial charge is 0.444 e. The summed E-state index contributed by atoms with van der Waals surface area (Å²) in [6.45, 7) is 11.6. The minimum Gasteiger partial charge on any atom is -0.444 e. The monoisotopic (exact) mass is 256 g/mol. The van der Waals surface area contributed by atoms with E-state index in [0.717, 1.165) is 25.9 Å². The van der Waals surface area contributed by atoms with Crippen molar-refractivity contribution in [2.45, 2.75) is 71.6 Å². The molecule has 0 radical (unpaired) electrons. The number of carbonyl (C=O) groups is 1. The van der Waals surface area contributed by atoms with Crippen molar-refractivity contribution in [3.63, 3.8) is 0 Å². The van der Waals surface area contributed by atoms with Gasteiger partial charge >= 0.3 is 6.09 Å². The second-order valence-electron chi connectivity index (χ2n) is 6.44. The third-order valence-electron chi connectivity index (χ3n) is 2.89. The maximum Gasteiger partial charge on any atom is 0.410 e. The lowest BCUT2D eigenvalue weighted by Gasteiger charge is -2.29. The van der Waals surface area contributed by atoms with Crippen LogP contribution >= 0.6 is 0 Å². The van der Waals surface area contributed by atoms with E-state index in [1.165, 1.54) is 6.42 Å². The fraction of sp³-hybridized carbons (Fsp3) is 0.929. The topological polar surface area (TPSA) is 41.6 Å². The molecule has 1 heterocycles. The van der Waals surface area contributed by atoms with Gasteiger partial charge in [0.2, 0.25) is 0 Å². The minimum absolute atomic E-state index is 0.181. The van der Waals surface area contributed by atoms with Gasteiger partial charge in [0.1, 0.15) is 5.60 Å². The Morgan fingerprint density at radius 1 is 1.33 bits per heavy atom. The summed E-state index contributed by atoms with van der Waals surface area (Å²) in [5, 5.41) is 3.52. The van der Waals surface area contributed by atoms with Crippen molar-refractivity contribution in [2.75, 3.05) is 13.1 Å². The molecule has 1 fully saturated rings. The summed E-state index contributed by atoms with van der Waals surface area (Å²) in [6, 6.07) is 0.841. The molecule has 1 rings (SSSR count). The summed E-state index contributed by atoms with van der Waals surface area (Å²) in [6.07, 6.45) is 3.19. The van der Waals surface area contributed by atoms with Gasteiger partial charge in [-0.2, -0.15) is 0 Å². The molecule has 1 saturated heterocycles. The summed E-state index contributed by atoms with van der Waals surface area (Å²) in [5.41, 5.74) is -0.412. The van der Waals surface area contributed by atoms with Crippen molar-refractivity contribution >= 4 is 6.09 Å². The van der Waals surface area contributed by atoms with Gasteiger partial charge < -0.3 is 15.0 Å². The first-order valence-electron chi connectivity index (χ1n) is 7.02. The lowest BCUT2D eigenvalue weighted by Crippen LogP contribution is -2.46. The molecule has 0 bridgehead atoms. The van der Waals surface area contributed by atoms with Crippen LogP contribution < -0.4 is 5.32 Å². The molecule has 0 saturated carbocycles. The molecule has 4 heteroatoms. The molecular weight excluding hydrogens is 228 g/mol. The van der Waals surface area contributed by atoms with Gasteiger partial charge in [0.25, 0.3) is 0 Å². The maximum atomic E-state index is 12.1. The molecule has 18 heavy (non-hydrogen) atoms. The third kappa shape index (κ3) is 5.71. The highest BCUT2D eigenvalue weighted by molar-refractivity contribution is 5.68. The van der Waals surface area contributed by atoms with Crippen LogP contribution in [0.25, 0.3) is 0 Å². The van der Waals surface area contributed by atoms with Gasteiger partial charge in [0, 0.05) is 25.2 Å². The summed E-state index contributed by atoms with van der Waals surface area (Å²) in [4.78, 5) is 13.9. The third-order valence-corrected chi connectivity index (χ3v) is 2.89. The molecule has 0 spiro atoms. The first kappa shape index (κ1) is 15.3. The lowest BCUT2D eigenvalue weighted by molar-refractivity contribution is 0.0242. The van der Waals surface area contributed by atoms with Gasteiger partial charge in [0.15, 0.2) is 0 Å². The Morgan fingerprint density at radius 3 is 2.56 bits per heavy atom. The quantitative estimate of drug-likeness (QED) is 0.826. The molecule has 0 unspecified atom stereocenters. The zero-order valence-electron chi connectivity index (χ0n) is 12.5. The molecule has 0 aromatic rings. The van der Waals surface area contributed by atoms with E-state index in [9.17, 15) is 4.79 Å². The lowest BCUT2D eigenvalue weighted by atomic mass is 10.1. The highest BCUT2D eigenvalue weighted by atomic mass is 16.6. The Morgan fingerprint density at radius 2 is 2.00 bits per heavy atom. The Balaban J connectivity index is 2.55. The fourth-order valence-corrected chi connectivity index (χ4v) is 2.24. The Bertz CT molecular complexity index is 271. The van der Waals surface area contributed by atoms with Crippen molar-refractivity contribution in [1.29, 1.82) is 0 Å².